The molecule has 2 aliphatic rings. The highest BCUT2D eigenvalue weighted by atomic mass is 16.4. The Balaban J connectivity index is 0.000000326. The number of amides is 1. The molecule has 0 atom stereocenters. The van der Waals surface area contributed by atoms with Gasteiger partial charge in [-0.05, 0) is 25.0 Å². The zero-order valence-electron chi connectivity index (χ0n) is 14.0. The van der Waals surface area contributed by atoms with Crippen LogP contribution in [0.15, 0.2) is 24.5 Å². The number of piperazine rings is 1. The van der Waals surface area contributed by atoms with E-state index >= 15 is 0 Å². The first-order valence-corrected chi connectivity index (χ1v) is 8.38. The van der Waals surface area contributed by atoms with E-state index in [4.69, 9.17) is 19.8 Å². The van der Waals surface area contributed by atoms with Gasteiger partial charge in [-0.1, -0.05) is 12.8 Å². The minimum absolute atomic E-state index is 0.124. The lowest BCUT2D eigenvalue weighted by atomic mass is 10.1. The fraction of sp³-hybridized carbons (Fsp3) is 0.529. The van der Waals surface area contributed by atoms with Gasteiger partial charge in [0, 0.05) is 44.6 Å². The number of carbonyl (C=O) groups is 3. The van der Waals surface area contributed by atoms with Crippen LogP contribution in [0.5, 0.6) is 0 Å². The third-order valence-electron chi connectivity index (χ3n) is 4.53. The van der Waals surface area contributed by atoms with Crippen molar-refractivity contribution >= 4 is 17.8 Å². The number of hydrogen-bond acceptors (Lipinski definition) is 5. The van der Waals surface area contributed by atoms with Gasteiger partial charge in [0.25, 0.3) is 5.91 Å². The van der Waals surface area contributed by atoms with Crippen molar-refractivity contribution in [1.29, 1.82) is 0 Å². The Labute approximate surface area is 146 Å². The van der Waals surface area contributed by atoms with Crippen molar-refractivity contribution in [3.05, 3.63) is 30.1 Å². The Morgan fingerprint density at radius 3 is 2.08 bits per heavy atom. The van der Waals surface area contributed by atoms with Gasteiger partial charge in [0.2, 0.25) is 0 Å². The van der Waals surface area contributed by atoms with E-state index in [1.807, 2.05) is 17.0 Å². The number of pyridine rings is 1. The third-order valence-corrected chi connectivity index (χ3v) is 4.53. The summed E-state index contributed by atoms with van der Waals surface area (Å²) in [6.07, 6.45) is 8.80. The first kappa shape index (κ1) is 18.9. The van der Waals surface area contributed by atoms with Gasteiger partial charge in [0.05, 0.1) is 5.56 Å². The monoisotopic (exact) mass is 349 g/mol. The van der Waals surface area contributed by atoms with Crippen molar-refractivity contribution in [2.45, 2.75) is 31.7 Å². The standard InChI is InChI=1S/C15H21N3O.C2H2O4/c19-15(13-4-3-7-16-12-13)18-10-8-17(9-11-18)14-5-1-2-6-14;3-1(4)2(5)6/h3-4,7,12,14H,1-2,5-6,8-11H2;(H,3,4)(H,5,6). The quantitative estimate of drug-likeness (QED) is 0.764. The summed E-state index contributed by atoms with van der Waals surface area (Å²) < 4.78 is 0. The van der Waals surface area contributed by atoms with E-state index in [2.05, 4.69) is 9.88 Å². The maximum Gasteiger partial charge on any atom is 0.414 e. The van der Waals surface area contributed by atoms with E-state index in [9.17, 15) is 4.79 Å². The Morgan fingerprint density at radius 2 is 1.60 bits per heavy atom. The molecule has 2 fully saturated rings. The number of carbonyl (C=O) groups excluding carboxylic acids is 1. The van der Waals surface area contributed by atoms with Crippen LogP contribution in [0.3, 0.4) is 0 Å². The smallest absolute Gasteiger partial charge is 0.414 e. The molecule has 1 aromatic heterocycles. The summed E-state index contributed by atoms with van der Waals surface area (Å²) in [7, 11) is 0. The topological polar surface area (TPSA) is 111 Å². The van der Waals surface area contributed by atoms with Crippen molar-refractivity contribution in [2.75, 3.05) is 26.2 Å². The zero-order chi connectivity index (χ0) is 18.2. The molecule has 1 aliphatic carbocycles. The molecule has 1 saturated carbocycles. The van der Waals surface area contributed by atoms with Gasteiger partial charge in [0.1, 0.15) is 0 Å². The first-order chi connectivity index (χ1) is 12.0. The van der Waals surface area contributed by atoms with Gasteiger partial charge >= 0.3 is 11.9 Å². The SMILES string of the molecule is O=C(O)C(=O)O.O=C(c1cccnc1)N1CCN(C2CCCC2)CC1. The van der Waals surface area contributed by atoms with Gasteiger partial charge in [-0.3, -0.25) is 14.7 Å². The van der Waals surface area contributed by atoms with E-state index in [1.54, 1.807) is 12.4 Å². The maximum absolute atomic E-state index is 12.3. The van der Waals surface area contributed by atoms with Crippen LogP contribution in [0.4, 0.5) is 0 Å². The summed E-state index contributed by atoms with van der Waals surface area (Å²) >= 11 is 0. The van der Waals surface area contributed by atoms with E-state index in [0.717, 1.165) is 32.2 Å². The Morgan fingerprint density at radius 1 is 1.00 bits per heavy atom. The second kappa shape index (κ2) is 9.12. The van der Waals surface area contributed by atoms with Gasteiger partial charge in [-0.25, -0.2) is 9.59 Å². The second-order valence-corrected chi connectivity index (χ2v) is 6.12. The van der Waals surface area contributed by atoms with Crippen LogP contribution >= 0.6 is 0 Å². The normalized spacial score (nSPS) is 18.3. The molecule has 25 heavy (non-hydrogen) atoms. The highest BCUT2D eigenvalue weighted by Gasteiger charge is 2.28. The van der Waals surface area contributed by atoms with E-state index < -0.39 is 11.9 Å². The largest absolute Gasteiger partial charge is 0.473 e. The van der Waals surface area contributed by atoms with Crippen molar-refractivity contribution < 1.29 is 24.6 Å². The number of carboxylic acids is 2. The molecule has 2 heterocycles. The van der Waals surface area contributed by atoms with E-state index in [1.165, 1.54) is 25.7 Å². The van der Waals surface area contributed by atoms with E-state index in [-0.39, 0.29) is 5.91 Å². The van der Waals surface area contributed by atoms with Crippen LogP contribution < -0.4 is 0 Å². The van der Waals surface area contributed by atoms with Crippen LogP contribution in [0.25, 0.3) is 0 Å². The van der Waals surface area contributed by atoms with Crippen molar-refractivity contribution in [1.82, 2.24) is 14.8 Å². The molecular weight excluding hydrogens is 326 g/mol. The number of aliphatic carboxylic acids is 2. The summed E-state index contributed by atoms with van der Waals surface area (Å²) in [6, 6.07) is 4.44. The molecule has 1 saturated heterocycles. The average Bonchev–Trinajstić information content (AvgIpc) is 3.17. The molecular formula is C17H23N3O5. The van der Waals surface area contributed by atoms with Crippen LogP contribution in [-0.2, 0) is 9.59 Å². The van der Waals surface area contributed by atoms with Crippen LogP contribution in [-0.4, -0.2) is 75.1 Å². The maximum atomic E-state index is 12.3. The molecule has 1 amide bonds. The molecule has 0 spiro atoms. The summed E-state index contributed by atoms with van der Waals surface area (Å²) in [5.74, 6) is -3.52. The molecule has 8 heteroatoms. The number of carboxylic acid groups (broad SMARTS) is 2. The molecule has 8 nitrogen and oxygen atoms in total. The summed E-state index contributed by atoms with van der Waals surface area (Å²) in [5.41, 5.74) is 0.705. The van der Waals surface area contributed by atoms with Crippen molar-refractivity contribution in [3.63, 3.8) is 0 Å². The number of hydrogen-bond donors (Lipinski definition) is 2. The minimum atomic E-state index is -1.82. The fourth-order valence-electron chi connectivity index (χ4n) is 3.23. The zero-order valence-corrected chi connectivity index (χ0v) is 14.0. The van der Waals surface area contributed by atoms with Gasteiger partial charge < -0.3 is 15.1 Å². The lowest BCUT2D eigenvalue weighted by molar-refractivity contribution is -0.159. The summed E-state index contributed by atoms with van der Waals surface area (Å²) in [4.78, 5) is 39.0. The van der Waals surface area contributed by atoms with Crippen molar-refractivity contribution in [2.24, 2.45) is 0 Å². The van der Waals surface area contributed by atoms with E-state index in [0.29, 0.717) is 5.56 Å². The first-order valence-electron chi connectivity index (χ1n) is 8.38. The average molecular weight is 349 g/mol. The predicted octanol–water partition coefficient (Wildman–Crippen LogP) is 0.938. The molecule has 0 bridgehead atoms. The summed E-state index contributed by atoms with van der Waals surface area (Å²) in [6.45, 7) is 3.75. The lowest BCUT2D eigenvalue weighted by Gasteiger charge is -2.38. The number of aromatic nitrogens is 1. The molecule has 0 unspecified atom stereocenters. The van der Waals surface area contributed by atoms with Crippen LogP contribution in [0.2, 0.25) is 0 Å². The predicted molar refractivity (Wildman–Crippen MR) is 89.2 cm³/mol. The molecule has 136 valence electrons. The van der Waals surface area contributed by atoms with Gasteiger partial charge in [-0.15, -0.1) is 0 Å². The van der Waals surface area contributed by atoms with Crippen LogP contribution in [0.1, 0.15) is 36.0 Å². The fourth-order valence-corrected chi connectivity index (χ4v) is 3.23. The van der Waals surface area contributed by atoms with Crippen LogP contribution in [0, 0.1) is 0 Å². The Hall–Kier alpha value is -2.48. The van der Waals surface area contributed by atoms with Crippen molar-refractivity contribution in [3.8, 4) is 0 Å². The number of rotatable bonds is 2. The second-order valence-electron chi connectivity index (χ2n) is 6.12. The lowest BCUT2D eigenvalue weighted by Crippen LogP contribution is -2.51. The van der Waals surface area contributed by atoms with Gasteiger partial charge in [-0.2, -0.15) is 0 Å². The highest BCUT2D eigenvalue weighted by molar-refractivity contribution is 6.27. The number of nitrogens with zero attached hydrogens (tertiary/aromatic N) is 3. The molecule has 1 aliphatic heterocycles. The Kier molecular flexibility index (Phi) is 6.88. The molecule has 2 N–H and O–H groups in total. The highest BCUT2D eigenvalue weighted by Crippen LogP contribution is 2.24. The third kappa shape index (κ3) is 5.53. The minimum Gasteiger partial charge on any atom is -0.473 e. The molecule has 0 radical (unpaired) electrons. The van der Waals surface area contributed by atoms with Gasteiger partial charge in [0.15, 0.2) is 0 Å². The summed E-state index contributed by atoms with van der Waals surface area (Å²) in [5, 5.41) is 14.8. The Bertz CT molecular complexity index is 582. The molecule has 1 aromatic rings. The molecule has 3 rings (SSSR count). The molecule has 0 aromatic carbocycles.